The molecule has 3 N–H and O–H groups in total. The van der Waals surface area contributed by atoms with Gasteiger partial charge in [0.15, 0.2) is 6.54 Å². The van der Waals surface area contributed by atoms with Crippen molar-refractivity contribution in [1.82, 2.24) is 10.6 Å². The SMILES string of the molecule is COc1ccc(N2CC[NH+](CC(=O)NC(=O)NCCC(C)C)CC2)cc1. The summed E-state index contributed by atoms with van der Waals surface area (Å²) in [4.78, 5) is 27.2. The number of carbonyl (C=O) groups is 2. The number of piperazine rings is 1. The number of imide groups is 1. The summed E-state index contributed by atoms with van der Waals surface area (Å²) >= 11 is 0. The van der Waals surface area contributed by atoms with Gasteiger partial charge in [0.25, 0.3) is 5.91 Å². The van der Waals surface area contributed by atoms with E-state index in [1.807, 2.05) is 12.1 Å². The molecule has 1 saturated heterocycles. The Labute approximate surface area is 155 Å². The van der Waals surface area contributed by atoms with Crippen LogP contribution in [0.4, 0.5) is 10.5 Å². The number of methoxy groups -OCH3 is 1. The monoisotopic (exact) mass is 363 g/mol. The second-order valence-corrected chi connectivity index (χ2v) is 7.10. The van der Waals surface area contributed by atoms with Gasteiger partial charge in [-0.15, -0.1) is 0 Å². The van der Waals surface area contributed by atoms with Gasteiger partial charge in [0.05, 0.1) is 33.3 Å². The minimum absolute atomic E-state index is 0.222. The second-order valence-electron chi connectivity index (χ2n) is 7.10. The molecule has 1 fully saturated rings. The van der Waals surface area contributed by atoms with Gasteiger partial charge in [-0.2, -0.15) is 0 Å². The Balaban J connectivity index is 1.69. The highest BCUT2D eigenvalue weighted by Gasteiger charge is 2.23. The van der Waals surface area contributed by atoms with E-state index in [0.717, 1.165) is 38.3 Å². The summed E-state index contributed by atoms with van der Waals surface area (Å²) in [7, 11) is 1.66. The van der Waals surface area contributed by atoms with Crippen LogP contribution in [-0.2, 0) is 4.79 Å². The Morgan fingerprint density at radius 2 is 1.85 bits per heavy atom. The zero-order valence-corrected chi connectivity index (χ0v) is 16.0. The van der Waals surface area contributed by atoms with Crippen LogP contribution < -0.4 is 25.2 Å². The number of anilines is 1. The van der Waals surface area contributed by atoms with Gasteiger partial charge in [-0.1, -0.05) is 13.8 Å². The van der Waals surface area contributed by atoms with Crippen molar-refractivity contribution in [3.63, 3.8) is 0 Å². The Morgan fingerprint density at radius 3 is 2.42 bits per heavy atom. The van der Waals surface area contributed by atoms with Crippen LogP contribution in [0.3, 0.4) is 0 Å². The predicted octanol–water partition coefficient (Wildman–Crippen LogP) is 0.272. The molecule has 0 bridgehead atoms. The molecule has 0 saturated carbocycles. The number of nitrogens with one attached hydrogen (secondary N) is 3. The quantitative estimate of drug-likeness (QED) is 0.650. The van der Waals surface area contributed by atoms with Crippen LogP contribution in [0.1, 0.15) is 20.3 Å². The van der Waals surface area contributed by atoms with E-state index in [9.17, 15) is 9.59 Å². The second kappa shape index (κ2) is 10.0. The van der Waals surface area contributed by atoms with E-state index in [0.29, 0.717) is 19.0 Å². The van der Waals surface area contributed by atoms with E-state index in [2.05, 4.69) is 41.5 Å². The third-order valence-corrected chi connectivity index (χ3v) is 4.58. The molecule has 0 unspecified atom stereocenters. The van der Waals surface area contributed by atoms with Gasteiger partial charge in [0, 0.05) is 12.2 Å². The summed E-state index contributed by atoms with van der Waals surface area (Å²) in [6, 6.07) is 7.63. The molecule has 144 valence electrons. The Kier molecular flexibility index (Phi) is 7.72. The third-order valence-electron chi connectivity index (χ3n) is 4.58. The Hall–Kier alpha value is -2.28. The number of nitrogens with zero attached hydrogens (tertiary/aromatic N) is 1. The molecule has 1 heterocycles. The number of benzene rings is 1. The maximum Gasteiger partial charge on any atom is 0.321 e. The lowest BCUT2D eigenvalue weighted by Gasteiger charge is -2.33. The van der Waals surface area contributed by atoms with Crippen LogP contribution in [0.25, 0.3) is 0 Å². The molecule has 1 aromatic rings. The van der Waals surface area contributed by atoms with Crippen LogP contribution in [0.15, 0.2) is 24.3 Å². The van der Waals surface area contributed by atoms with Crippen LogP contribution in [-0.4, -0.2) is 58.3 Å². The van der Waals surface area contributed by atoms with Crippen LogP contribution in [0, 0.1) is 5.92 Å². The topological polar surface area (TPSA) is 75.1 Å². The van der Waals surface area contributed by atoms with E-state index in [4.69, 9.17) is 4.74 Å². The van der Waals surface area contributed by atoms with Gasteiger partial charge < -0.3 is 19.9 Å². The molecule has 0 aromatic heterocycles. The molecule has 26 heavy (non-hydrogen) atoms. The number of carbonyl (C=O) groups excluding carboxylic acids is 2. The first-order chi connectivity index (χ1) is 12.5. The molecule has 2 rings (SSSR count). The lowest BCUT2D eigenvalue weighted by molar-refractivity contribution is -0.892. The molecule has 0 atom stereocenters. The zero-order valence-electron chi connectivity index (χ0n) is 16.0. The van der Waals surface area contributed by atoms with E-state index >= 15 is 0 Å². The number of ether oxygens (including phenoxy) is 1. The van der Waals surface area contributed by atoms with E-state index in [1.165, 1.54) is 10.6 Å². The lowest BCUT2D eigenvalue weighted by Crippen LogP contribution is -3.16. The van der Waals surface area contributed by atoms with Gasteiger partial charge in [-0.3, -0.25) is 10.1 Å². The standard InChI is InChI=1S/C19H30N4O3/c1-15(2)8-9-20-19(25)21-18(24)14-22-10-12-23(13-11-22)16-4-6-17(26-3)7-5-16/h4-7,15H,8-14H2,1-3H3,(H2,20,21,24,25)/p+1. The van der Waals surface area contributed by atoms with Crippen LogP contribution in [0.2, 0.25) is 0 Å². The first-order valence-corrected chi connectivity index (χ1v) is 9.28. The molecule has 0 spiro atoms. The highest BCUT2D eigenvalue weighted by molar-refractivity contribution is 5.94. The van der Waals surface area contributed by atoms with Crippen molar-refractivity contribution in [2.75, 3.05) is 51.3 Å². The molecular formula is C19H31N4O3+. The number of urea groups is 1. The van der Waals surface area contributed by atoms with Gasteiger partial charge >= 0.3 is 6.03 Å². The Morgan fingerprint density at radius 1 is 1.19 bits per heavy atom. The number of amides is 3. The fraction of sp³-hybridized carbons (Fsp3) is 0.579. The molecule has 7 nitrogen and oxygen atoms in total. The first-order valence-electron chi connectivity index (χ1n) is 9.28. The van der Waals surface area contributed by atoms with Gasteiger partial charge in [0.1, 0.15) is 5.75 Å². The smallest absolute Gasteiger partial charge is 0.321 e. The van der Waals surface area contributed by atoms with Crippen molar-refractivity contribution in [2.24, 2.45) is 5.92 Å². The highest BCUT2D eigenvalue weighted by atomic mass is 16.5. The molecule has 0 aliphatic carbocycles. The van der Waals surface area contributed by atoms with Crippen molar-refractivity contribution in [3.05, 3.63) is 24.3 Å². The molecular weight excluding hydrogens is 332 g/mol. The minimum Gasteiger partial charge on any atom is -0.497 e. The average Bonchev–Trinajstić information content (AvgIpc) is 2.62. The highest BCUT2D eigenvalue weighted by Crippen LogP contribution is 2.18. The first kappa shape index (κ1) is 20.0. The van der Waals surface area contributed by atoms with Crippen molar-refractivity contribution in [3.8, 4) is 5.75 Å². The summed E-state index contributed by atoms with van der Waals surface area (Å²) in [5.74, 6) is 1.15. The van der Waals surface area contributed by atoms with Crippen molar-refractivity contribution < 1.29 is 19.2 Å². The summed E-state index contributed by atoms with van der Waals surface area (Å²) in [5.41, 5.74) is 1.17. The molecule has 7 heteroatoms. The fourth-order valence-corrected chi connectivity index (χ4v) is 2.97. The minimum atomic E-state index is -0.396. The summed E-state index contributed by atoms with van der Waals surface area (Å²) in [6.07, 6.45) is 0.903. The van der Waals surface area contributed by atoms with Crippen LogP contribution >= 0.6 is 0 Å². The molecule has 1 aliphatic heterocycles. The number of hydrogen-bond acceptors (Lipinski definition) is 4. The molecule has 1 aliphatic rings. The van der Waals surface area contributed by atoms with Crippen LogP contribution in [0.5, 0.6) is 5.75 Å². The summed E-state index contributed by atoms with van der Waals surface area (Å²) in [6.45, 7) is 8.62. The predicted molar refractivity (Wildman–Crippen MR) is 102 cm³/mol. The number of rotatable bonds is 7. The summed E-state index contributed by atoms with van der Waals surface area (Å²) < 4.78 is 5.19. The largest absolute Gasteiger partial charge is 0.497 e. The van der Waals surface area contributed by atoms with E-state index < -0.39 is 6.03 Å². The van der Waals surface area contributed by atoms with E-state index in [1.54, 1.807) is 7.11 Å². The normalized spacial score (nSPS) is 15.0. The van der Waals surface area contributed by atoms with Crippen molar-refractivity contribution in [1.29, 1.82) is 0 Å². The lowest BCUT2D eigenvalue weighted by atomic mass is 10.1. The fourth-order valence-electron chi connectivity index (χ4n) is 2.97. The van der Waals surface area contributed by atoms with Gasteiger partial charge in [-0.05, 0) is 36.6 Å². The maximum absolute atomic E-state index is 12.0. The van der Waals surface area contributed by atoms with Gasteiger partial charge in [0.2, 0.25) is 0 Å². The molecule has 0 radical (unpaired) electrons. The average molecular weight is 363 g/mol. The maximum atomic E-state index is 12.0. The van der Waals surface area contributed by atoms with Crippen molar-refractivity contribution in [2.45, 2.75) is 20.3 Å². The van der Waals surface area contributed by atoms with Gasteiger partial charge in [-0.25, -0.2) is 4.79 Å². The molecule has 3 amide bonds. The zero-order chi connectivity index (χ0) is 18.9. The molecule has 1 aromatic carbocycles. The Bertz CT molecular complexity index is 581. The third kappa shape index (κ3) is 6.55. The number of quaternary nitrogens is 1. The number of hydrogen-bond donors (Lipinski definition) is 3. The van der Waals surface area contributed by atoms with Crippen molar-refractivity contribution >= 4 is 17.6 Å². The summed E-state index contributed by atoms with van der Waals surface area (Å²) in [5, 5.41) is 5.14. The van der Waals surface area contributed by atoms with E-state index in [-0.39, 0.29) is 5.91 Å².